The third-order valence-electron chi connectivity index (χ3n) is 3.72. The van der Waals surface area contributed by atoms with Gasteiger partial charge in [-0.2, -0.15) is 0 Å². The first-order valence-electron chi connectivity index (χ1n) is 7.48. The molecule has 1 aromatic heterocycles. The fourth-order valence-electron chi connectivity index (χ4n) is 2.54. The van der Waals surface area contributed by atoms with Gasteiger partial charge in [-0.1, -0.05) is 6.92 Å². The molecule has 0 unspecified atom stereocenters. The van der Waals surface area contributed by atoms with Crippen LogP contribution in [0.25, 0.3) is 0 Å². The number of benzene rings is 1. The molecule has 0 atom stereocenters. The minimum atomic E-state index is -0.266. The molecule has 1 aliphatic rings. The SMILES string of the molecule is CCc1ccc(C(=O)Nc2ccc3c(c2)CCCC(=O)N3)o1. The highest BCUT2D eigenvalue weighted by Crippen LogP contribution is 2.25. The zero-order valence-electron chi connectivity index (χ0n) is 12.4. The number of carbonyl (C=O) groups excluding carboxylic acids is 2. The molecule has 5 nitrogen and oxygen atoms in total. The smallest absolute Gasteiger partial charge is 0.291 e. The van der Waals surface area contributed by atoms with E-state index in [1.54, 1.807) is 12.1 Å². The van der Waals surface area contributed by atoms with Crippen molar-refractivity contribution in [3.05, 3.63) is 47.4 Å². The minimum absolute atomic E-state index is 0.0400. The van der Waals surface area contributed by atoms with Crippen LogP contribution in [0.15, 0.2) is 34.7 Å². The van der Waals surface area contributed by atoms with Crippen molar-refractivity contribution in [1.82, 2.24) is 0 Å². The number of carbonyl (C=O) groups is 2. The number of hydrogen-bond donors (Lipinski definition) is 2. The number of aryl methyl sites for hydroxylation is 2. The van der Waals surface area contributed by atoms with E-state index >= 15 is 0 Å². The molecule has 114 valence electrons. The van der Waals surface area contributed by atoms with Gasteiger partial charge in [0.15, 0.2) is 5.76 Å². The zero-order chi connectivity index (χ0) is 15.5. The van der Waals surface area contributed by atoms with Crippen LogP contribution in [0, 0.1) is 0 Å². The van der Waals surface area contributed by atoms with E-state index in [-0.39, 0.29) is 11.8 Å². The lowest BCUT2D eigenvalue weighted by Gasteiger charge is -2.10. The Hall–Kier alpha value is -2.56. The molecule has 0 aliphatic carbocycles. The molecule has 2 heterocycles. The highest BCUT2D eigenvalue weighted by Gasteiger charge is 2.15. The zero-order valence-corrected chi connectivity index (χ0v) is 12.4. The predicted molar refractivity (Wildman–Crippen MR) is 84.0 cm³/mol. The first-order chi connectivity index (χ1) is 10.7. The Morgan fingerprint density at radius 1 is 1.27 bits per heavy atom. The van der Waals surface area contributed by atoms with Gasteiger partial charge < -0.3 is 15.1 Å². The van der Waals surface area contributed by atoms with Crippen LogP contribution >= 0.6 is 0 Å². The summed E-state index contributed by atoms with van der Waals surface area (Å²) < 4.78 is 5.44. The van der Waals surface area contributed by atoms with Gasteiger partial charge in [0.05, 0.1) is 0 Å². The molecule has 0 saturated carbocycles. The van der Waals surface area contributed by atoms with Crippen LogP contribution in [0.3, 0.4) is 0 Å². The molecule has 0 bridgehead atoms. The maximum atomic E-state index is 12.2. The fraction of sp³-hybridized carbons (Fsp3) is 0.294. The molecule has 5 heteroatoms. The average Bonchev–Trinajstić information content (AvgIpc) is 2.91. The summed E-state index contributed by atoms with van der Waals surface area (Å²) in [5.74, 6) is 0.866. The molecule has 0 spiro atoms. The van der Waals surface area contributed by atoms with Crippen LogP contribution in [-0.4, -0.2) is 11.8 Å². The summed E-state index contributed by atoms with van der Waals surface area (Å²) in [5.41, 5.74) is 2.57. The van der Waals surface area contributed by atoms with Gasteiger partial charge in [-0.15, -0.1) is 0 Å². The van der Waals surface area contributed by atoms with E-state index in [1.807, 2.05) is 25.1 Å². The number of anilines is 2. The molecule has 2 aromatic rings. The van der Waals surface area contributed by atoms with E-state index in [4.69, 9.17) is 4.42 Å². The molecular weight excluding hydrogens is 280 g/mol. The van der Waals surface area contributed by atoms with E-state index in [9.17, 15) is 9.59 Å². The first kappa shape index (κ1) is 14.4. The number of furan rings is 1. The van der Waals surface area contributed by atoms with Crippen molar-refractivity contribution in [2.75, 3.05) is 10.6 Å². The van der Waals surface area contributed by atoms with Gasteiger partial charge in [0.2, 0.25) is 5.91 Å². The second-order valence-electron chi connectivity index (χ2n) is 5.35. The molecule has 1 aromatic carbocycles. The van der Waals surface area contributed by atoms with Crippen LogP contribution in [0.2, 0.25) is 0 Å². The van der Waals surface area contributed by atoms with Crippen LogP contribution in [-0.2, 0) is 17.6 Å². The topological polar surface area (TPSA) is 71.3 Å². The number of rotatable bonds is 3. The lowest BCUT2D eigenvalue weighted by Crippen LogP contribution is -2.12. The largest absolute Gasteiger partial charge is 0.456 e. The molecule has 1 aliphatic heterocycles. The van der Waals surface area contributed by atoms with Gasteiger partial charge in [0.25, 0.3) is 5.91 Å². The van der Waals surface area contributed by atoms with E-state index in [0.717, 1.165) is 36.3 Å². The Kier molecular flexibility index (Phi) is 3.96. The van der Waals surface area contributed by atoms with E-state index in [2.05, 4.69) is 10.6 Å². The third-order valence-corrected chi connectivity index (χ3v) is 3.72. The molecule has 2 amide bonds. The number of fused-ring (bicyclic) bond motifs is 1. The number of hydrogen-bond acceptors (Lipinski definition) is 3. The molecule has 0 radical (unpaired) electrons. The summed E-state index contributed by atoms with van der Waals surface area (Å²) in [5, 5.41) is 5.71. The molecule has 0 fully saturated rings. The second kappa shape index (κ2) is 6.05. The van der Waals surface area contributed by atoms with Gasteiger partial charge >= 0.3 is 0 Å². The van der Waals surface area contributed by atoms with Gasteiger partial charge in [0, 0.05) is 24.2 Å². The number of amides is 2. The van der Waals surface area contributed by atoms with Gasteiger partial charge in [-0.3, -0.25) is 9.59 Å². The molecule has 3 rings (SSSR count). The standard InChI is InChI=1S/C17H18N2O3/c1-2-13-7-9-15(22-13)17(21)18-12-6-8-14-11(10-12)4-3-5-16(20)19-14/h6-10H,2-5H2,1H3,(H,18,21)(H,19,20). The van der Waals surface area contributed by atoms with Crippen LogP contribution in [0.1, 0.15) is 41.6 Å². The quantitative estimate of drug-likeness (QED) is 0.912. The predicted octanol–water partition coefficient (Wildman–Crippen LogP) is 3.37. The summed E-state index contributed by atoms with van der Waals surface area (Å²) >= 11 is 0. The second-order valence-corrected chi connectivity index (χ2v) is 5.35. The van der Waals surface area contributed by atoms with Crippen molar-refractivity contribution in [3.63, 3.8) is 0 Å². The Morgan fingerprint density at radius 2 is 2.14 bits per heavy atom. The summed E-state index contributed by atoms with van der Waals surface area (Å²) in [6.07, 6.45) is 2.92. The Balaban J connectivity index is 1.77. The van der Waals surface area contributed by atoms with Gasteiger partial charge in [-0.25, -0.2) is 0 Å². The van der Waals surface area contributed by atoms with Crippen LogP contribution in [0.4, 0.5) is 11.4 Å². The van der Waals surface area contributed by atoms with Crippen molar-refractivity contribution in [2.24, 2.45) is 0 Å². The van der Waals surface area contributed by atoms with Crippen molar-refractivity contribution in [1.29, 1.82) is 0 Å². The Bertz CT molecular complexity index is 718. The van der Waals surface area contributed by atoms with E-state index in [0.29, 0.717) is 17.9 Å². The summed E-state index contributed by atoms with van der Waals surface area (Å²) in [6.45, 7) is 1.97. The van der Waals surface area contributed by atoms with Gasteiger partial charge in [-0.05, 0) is 48.7 Å². The highest BCUT2D eigenvalue weighted by molar-refractivity contribution is 6.02. The molecular formula is C17H18N2O3. The minimum Gasteiger partial charge on any atom is -0.456 e. The van der Waals surface area contributed by atoms with Gasteiger partial charge in [0.1, 0.15) is 5.76 Å². The maximum Gasteiger partial charge on any atom is 0.291 e. The van der Waals surface area contributed by atoms with Crippen molar-refractivity contribution < 1.29 is 14.0 Å². The monoisotopic (exact) mass is 298 g/mol. The lowest BCUT2D eigenvalue weighted by atomic mass is 10.1. The first-order valence-corrected chi connectivity index (χ1v) is 7.48. The highest BCUT2D eigenvalue weighted by atomic mass is 16.3. The molecule has 22 heavy (non-hydrogen) atoms. The molecule has 0 saturated heterocycles. The average molecular weight is 298 g/mol. The maximum absolute atomic E-state index is 12.2. The van der Waals surface area contributed by atoms with Crippen LogP contribution in [0.5, 0.6) is 0 Å². The summed E-state index contributed by atoms with van der Waals surface area (Å²) in [6, 6.07) is 9.00. The Labute approximate surface area is 128 Å². The normalized spacial score (nSPS) is 14.0. The summed E-state index contributed by atoms with van der Waals surface area (Å²) in [7, 11) is 0. The Morgan fingerprint density at radius 3 is 2.91 bits per heavy atom. The number of nitrogens with one attached hydrogen (secondary N) is 2. The summed E-state index contributed by atoms with van der Waals surface area (Å²) in [4.78, 5) is 23.7. The van der Waals surface area contributed by atoms with E-state index in [1.165, 1.54) is 0 Å². The third kappa shape index (κ3) is 3.03. The van der Waals surface area contributed by atoms with Crippen molar-refractivity contribution in [3.8, 4) is 0 Å². The van der Waals surface area contributed by atoms with Crippen molar-refractivity contribution in [2.45, 2.75) is 32.6 Å². The van der Waals surface area contributed by atoms with Crippen molar-refractivity contribution >= 4 is 23.2 Å². The van der Waals surface area contributed by atoms with Crippen LogP contribution < -0.4 is 10.6 Å². The lowest BCUT2D eigenvalue weighted by molar-refractivity contribution is -0.116. The fourth-order valence-corrected chi connectivity index (χ4v) is 2.54. The molecule has 2 N–H and O–H groups in total. The van der Waals surface area contributed by atoms with E-state index < -0.39 is 0 Å².